The topological polar surface area (TPSA) is 72.7 Å². The summed E-state index contributed by atoms with van der Waals surface area (Å²) in [5.74, 6) is -0.956. The summed E-state index contributed by atoms with van der Waals surface area (Å²) in [5, 5.41) is 9.45. The van der Waals surface area contributed by atoms with Crippen molar-refractivity contribution >= 4 is 5.91 Å². The molecule has 0 radical (unpaired) electrons. The number of pyridine rings is 1. The number of rotatable bonds is 7. The van der Waals surface area contributed by atoms with Crippen molar-refractivity contribution in [2.75, 3.05) is 0 Å². The molecule has 9 heteroatoms. The quantitative estimate of drug-likeness (QED) is 0.673. The van der Waals surface area contributed by atoms with Gasteiger partial charge in [0.2, 0.25) is 0 Å². The molecule has 6 nitrogen and oxygen atoms in total. The molecule has 1 aromatic carbocycles. The Kier molecular flexibility index (Phi) is 6.03. The zero-order valence-electron chi connectivity index (χ0n) is 14.8. The van der Waals surface area contributed by atoms with Crippen LogP contribution in [-0.4, -0.2) is 32.1 Å². The molecule has 2 aromatic heterocycles. The minimum absolute atomic E-state index is 0.176. The zero-order chi connectivity index (χ0) is 20.0. The van der Waals surface area contributed by atoms with Crippen molar-refractivity contribution in [1.82, 2.24) is 25.3 Å². The minimum Gasteiger partial charge on any atom is -0.334 e. The van der Waals surface area contributed by atoms with Crippen LogP contribution in [0.2, 0.25) is 0 Å². The Bertz CT molecular complexity index is 897. The van der Waals surface area contributed by atoms with Crippen LogP contribution in [0.25, 0.3) is 0 Å². The Balaban J connectivity index is 1.61. The van der Waals surface area contributed by atoms with Gasteiger partial charge in [0, 0.05) is 12.7 Å². The van der Waals surface area contributed by atoms with Crippen molar-refractivity contribution in [3.8, 4) is 0 Å². The summed E-state index contributed by atoms with van der Waals surface area (Å²) in [6, 6.07) is 11.8. The lowest BCUT2D eigenvalue weighted by atomic mass is 10.1. The van der Waals surface area contributed by atoms with Gasteiger partial charge in [0.1, 0.15) is 0 Å². The maximum Gasteiger partial charge on any atom is 0.414 e. The van der Waals surface area contributed by atoms with Crippen molar-refractivity contribution in [3.05, 3.63) is 77.9 Å². The SMILES string of the molecule is O=C(NC(c1ccccn1)C(F)(F)F)c1cn(CCCc2ccccc2)nn1. The third kappa shape index (κ3) is 5.15. The van der Waals surface area contributed by atoms with Gasteiger partial charge in [-0.3, -0.25) is 14.5 Å². The molecule has 0 fully saturated rings. The molecule has 0 saturated heterocycles. The minimum atomic E-state index is -4.68. The number of aromatic nitrogens is 4. The first-order valence-corrected chi connectivity index (χ1v) is 8.66. The molecule has 0 aliphatic carbocycles. The van der Waals surface area contributed by atoms with E-state index in [0.717, 1.165) is 12.8 Å². The number of nitrogens with zero attached hydrogens (tertiary/aromatic N) is 4. The maximum atomic E-state index is 13.3. The number of carbonyl (C=O) groups excluding carboxylic acids is 1. The van der Waals surface area contributed by atoms with E-state index in [0.29, 0.717) is 6.54 Å². The Labute approximate surface area is 159 Å². The molecule has 1 amide bonds. The molecule has 2 heterocycles. The molecule has 146 valence electrons. The second-order valence-electron chi connectivity index (χ2n) is 6.16. The van der Waals surface area contributed by atoms with Crippen molar-refractivity contribution in [1.29, 1.82) is 0 Å². The monoisotopic (exact) mass is 389 g/mol. The highest BCUT2D eigenvalue weighted by molar-refractivity contribution is 5.92. The van der Waals surface area contributed by atoms with Gasteiger partial charge in [0.15, 0.2) is 11.7 Å². The molecule has 0 aliphatic rings. The molecule has 0 saturated carbocycles. The molecule has 0 spiro atoms. The second-order valence-corrected chi connectivity index (χ2v) is 6.16. The zero-order valence-corrected chi connectivity index (χ0v) is 14.8. The average molecular weight is 389 g/mol. The van der Waals surface area contributed by atoms with Crippen LogP contribution in [0.4, 0.5) is 13.2 Å². The molecular weight excluding hydrogens is 371 g/mol. The maximum absolute atomic E-state index is 13.3. The largest absolute Gasteiger partial charge is 0.414 e. The van der Waals surface area contributed by atoms with Crippen molar-refractivity contribution in [3.63, 3.8) is 0 Å². The van der Waals surface area contributed by atoms with Crippen LogP contribution in [0.15, 0.2) is 60.9 Å². The van der Waals surface area contributed by atoms with Gasteiger partial charge in [-0.2, -0.15) is 13.2 Å². The number of aryl methyl sites for hydroxylation is 2. The molecule has 28 heavy (non-hydrogen) atoms. The third-order valence-electron chi connectivity index (χ3n) is 4.05. The summed E-state index contributed by atoms with van der Waals surface area (Å²) >= 11 is 0. The first-order valence-electron chi connectivity index (χ1n) is 8.66. The van der Waals surface area contributed by atoms with Crippen molar-refractivity contribution in [2.45, 2.75) is 31.6 Å². The van der Waals surface area contributed by atoms with Crippen LogP contribution in [0.1, 0.15) is 34.2 Å². The predicted molar refractivity (Wildman–Crippen MR) is 95.3 cm³/mol. The van der Waals surface area contributed by atoms with Gasteiger partial charge in [-0.1, -0.05) is 41.6 Å². The fourth-order valence-corrected chi connectivity index (χ4v) is 2.68. The van der Waals surface area contributed by atoms with Crippen LogP contribution in [0, 0.1) is 0 Å². The van der Waals surface area contributed by atoms with Crippen LogP contribution >= 0.6 is 0 Å². The molecule has 3 aromatic rings. The molecule has 1 N–H and O–H groups in total. The summed E-state index contributed by atoms with van der Waals surface area (Å²) < 4.78 is 41.4. The van der Waals surface area contributed by atoms with Crippen LogP contribution < -0.4 is 5.32 Å². The molecule has 3 rings (SSSR count). The van der Waals surface area contributed by atoms with Gasteiger partial charge < -0.3 is 5.32 Å². The van der Waals surface area contributed by atoms with E-state index in [1.807, 2.05) is 35.6 Å². The number of nitrogens with one attached hydrogen (secondary N) is 1. The molecular formula is C19H18F3N5O. The highest BCUT2D eigenvalue weighted by atomic mass is 19.4. The van der Waals surface area contributed by atoms with E-state index in [1.54, 1.807) is 0 Å². The van der Waals surface area contributed by atoms with E-state index >= 15 is 0 Å². The summed E-state index contributed by atoms with van der Waals surface area (Å²) in [6.07, 6.45) is -0.531. The predicted octanol–water partition coefficient (Wildman–Crippen LogP) is 3.34. The Hall–Kier alpha value is -3.23. The summed E-state index contributed by atoms with van der Waals surface area (Å²) in [6.45, 7) is 0.498. The highest BCUT2D eigenvalue weighted by Gasteiger charge is 2.43. The van der Waals surface area contributed by atoms with Crippen molar-refractivity contribution < 1.29 is 18.0 Å². The summed E-state index contributed by atoms with van der Waals surface area (Å²) in [4.78, 5) is 15.9. The molecule has 1 atom stereocenters. The lowest BCUT2D eigenvalue weighted by Crippen LogP contribution is -2.38. The summed E-state index contributed by atoms with van der Waals surface area (Å²) in [5.41, 5.74) is 0.701. The Morgan fingerprint density at radius 1 is 1.11 bits per heavy atom. The van der Waals surface area contributed by atoms with E-state index in [2.05, 4.69) is 15.3 Å². The fraction of sp³-hybridized carbons (Fsp3) is 0.263. The van der Waals surface area contributed by atoms with E-state index < -0.39 is 18.1 Å². The molecule has 0 bridgehead atoms. The lowest BCUT2D eigenvalue weighted by Gasteiger charge is -2.20. The third-order valence-corrected chi connectivity index (χ3v) is 4.05. The Morgan fingerprint density at radius 2 is 1.86 bits per heavy atom. The molecule has 0 aliphatic heterocycles. The fourth-order valence-electron chi connectivity index (χ4n) is 2.68. The standard InChI is InChI=1S/C19H18F3N5O/c20-19(21,22)17(15-10-4-5-11-23-15)24-18(28)16-13-27(26-25-16)12-6-9-14-7-2-1-3-8-14/h1-5,7-8,10-11,13,17H,6,9,12H2,(H,24,28). The number of hydrogen-bond donors (Lipinski definition) is 1. The van der Waals surface area contributed by atoms with Crippen LogP contribution in [0.5, 0.6) is 0 Å². The normalized spacial score (nSPS) is 12.5. The molecule has 1 unspecified atom stereocenters. The van der Waals surface area contributed by atoms with Gasteiger partial charge in [-0.05, 0) is 30.5 Å². The number of halogens is 3. The van der Waals surface area contributed by atoms with Crippen LogP contribution in [0.3, 0.4) is 0 Å². The lowest BCUT2D eigenvalue weighted by molar-refractivity contribution is -0.156. The van der Waals surface area contributed by atoms with E-state index in [9.17, 15) is 18.0 Å². The van der Waals surface area contributed by atoms with E-state index in [1.165, 1.54) is 40.8 Å². The summed E-state index contributed by atoms with van der Waals surface area (Å²) in [7, 11) is 0. The van der Waals surface area contributed by atoms with Gasteiger partial charge in [0.05, 0.1) is 11.9 Å². The number of amides is 1. The van der Waals surface area contributed by atoms with Crippen LogP contribution in [-0.2, 0) is 13.0 Å². The van der Waals surface area contributed by atoms with E-state index in [4.69, 9.17) is 0 Å². The Morgan fingerprint density at radius 3 is 2.54 bits per heavy atom. The van der Waals surface area contributed by atoms with Gasteiger partial charge in [-0.15, -0.1) is 5.10 Å². The first kappa shape index (κ1) is 19.5. The highest BCUT2D eigenvalue weighted by Crippen LogP contribution is 2.31. The average Bonchev–Trinajstić information content (AvgIpc) is 3.16. The number of carbonyl (C=O) groups is 1. The number of benzene rings is 1. The van der Waals surface area contributed by atoms with Crippen molar-refractivity contribution in [2.24, 2.45) is 0 Å². The van der Waals surface area contributed by atoms with E-state index in [-0.39, 0.29) is 11.4 Å². The van der Waals surface area contributed by atoms with Gasteiger partial charge in [0.25, 0.3) is 5.91 Å². The smallest absolute Gasteiger partial charge is 0.334 e. The van der Waals surface area contributed by atoms with Gasteiger partial charge in [-0.25, -0.2) is 0 Å². The number of hydrogen-bond acceptors (Lipinski definition) is 4. The second kappa shape index (κ2) is 8.64. The first-order chi connectivity index (χ1) is 13.4. The number of alkyl halides is 3. The van der Waals surface area contributed by atoms with Gasteiger partial charge >= 0.3 is 6.18 Å².